The van der Waals surface area contributed by atoms with Crippen LogP contribution in [0.15, 0.2) is 67.0 Å². The number of para-hydroxylation sites is 1. The molecule has 1 heterocycles. The molecule has 0 fully saturated rings. The fraction of sp³-hybridized carbons (Fsp3) is 0.273. The summed E-state index contributed by atoms with van der Waals surface area (Å²) in [4.78, 5) is 16.5. The Balaban J connectivity index is 1.61. The van der Waals surface area contributed by atoms with Gasteiger partial charge in [-0.1, -0.05) is 30.3 Å². The Morgan fingerprint density at radius 3 is 2.45 bits per heavy atom. The third kappa shape index (κ3) is 6.15. The zero-order chi connectivity index (χ0) is 20.6. The maximum Gasteiger partial charge on any atom is 0.318 e. The van der Waals surface area contributed by atoms with E-state index >= 15 is 0 Å². The lowest BCUT2D eigenvalue weighted by Gasteiger charge is -2.25. The molecule has 1 aromatic heterocycles. The fourth-order valence-electron chi connectivity index (χ4n) is 2.85. The first-order valence-electron chi connectivity index (χ1n) is 9.52. The summed E-state index contributed by atoms with van der Waals surface area (Å²) in [6, 6.07) is 15.9. The summed E-state index contributed by atoms with van der Waals surface area (Å²) in [6.45, 7) is 2.11. The van der Waals surface area contributed by atoms with Crippen LogP contribution >= 0.6 is 0 Å². The maximum absolute atomic E-state index is 13.2. The number of carbonyl (C=O) groups excluding carboxylic acids is 1. The van der Waals surface area contributed by atoms with Crippen LogP contribution in [0.5, 0.6) is 0 Å². The molecule has 29 heavy (non-hydrogen) atoms. The smallest absolute Gasteiger partial charge is 0.318 e. The second kappa shape index (κ2) is 9.84. The van der Waals surface area contributed by atoms with E-state index in [2.05, 4.69) is 10.4 Å². The van der Waals surface area contributed by atoms with Crippen molar-refractivity contribution in [2.24, 2.45) is 0 Å². The number of benzene rings is 2. The Morgan fingerprint density at radius 1 is 1.03 bits per heavy atom. The van der Waals surface area contributed by atoms with Crippen LogP contribution in [0.25, 0.3) is 5.69 Å². The number of aromatic nitrogens is 2. The topological polar surface area (TPSA) is 53.4 Å². The van der Waals surface area contributed by atoms with Gasteiger partial charge in [-0.2, -0.15) is 5.10 Å². The van der Waals surface area contributed by atoms with E-state index in [4.69, 9.17) is 0 Å². The zero-order valence-corrected chi connectivity index (χ0v) is 16.8. The van der Waals surface area contributed by atoms with Crippen molar-refractivity contribution in [1.29, 1.82) is 0 Å². The maximum atomic E-state index is 13.2. The van der Waals surface area contributed by atoms with E-state index < -0.39 is 0 Å². The summed E-state index contributed by atoms with van der Waals surface area (Å²) in [6.07, 6.45) is 3.65. The summed E-state index contributed by atoms with van der Waals surface area (Å²) < 4.78 is 14.9. The molecular formula is C22H26FN5O. The average molecular weight is 395 g/mol. The molecule has 0 aliphatic carbocycles. The number of hydrogen-bond donors (Lipinski definition) is 1. The van der Waals surface area contributed by atoms with Crippen LogP contribution in [0.4, 0.5) is 9.18 Å². The van der Waals surface area contributed by atoms with Gasteiger partial charge in [0, 0.05) is 37.9 Å². The summed E-state index contributed by atoms with van der Waals surface area (Å²) >= 11 is 0. The molecule has 0 aliphatic heterocycles. The number of hydrogen-bond acceptors (Lipinski definition) is 3. The van der Waals surface area contributed by atoms with Crippen LogP contribution in [0.3, 0.4) is 0 Å². The van der Waals surface area contributed by atoms with E-state index in [1.807, 2.05) is 55.5 Å². The highest BCUT2D eigenvalue weighted by molar-refractivity contribution is 5.74. The lowest BCUT2D eigenvalue weighted by Crippen LogP contribution is -2.42. The number of rotatable bonds is 8. The van der Waals surface area contributed by atoms with Crippen LogP contribution in [-0.2, 0) is 13.1 Å². The molecule has 0 bridgehead atoms. The summed E-state index contributed by atoms with van der Waals surface area (Å²) in [5.41, 5.74) is 2.77. The SMILES string of the molecule is CN(C)CCN(Cc1ccc(F)cc1)C(=O)NCc1cnn(-c2ccccc2)c1. The number of nitrogens with one attached hydrogen (secondary N) is 1. The second-order valence-corrected chi connectivity index (χ2v) is 7.14. The fourth-order valence-corrected chi connectivity index (χ4v) is 2.85. The third-order valence-corrected chi connectivity index (χ3v) is 4.49. The standard InChI is InChI=1S/C22H26FN5O/c1-26(2)12-13-27(16-18-8-10-20(23)11-9-18)22(29)24-14-19-15-25-28(17-19)21-6-4-3-5-7-21/h3-11,15,17H,12-14,16H2,1-2H3,(H,24,29). The van der Waals surface area contributed by atoms with Gasteiger partial charge >= 0.3 is 6.03 Å². The first-order valence-corrected chi connectivity index (χ1v) is 9.52. The van der Waals surface area contributed by atoms with Crippen molar-refractivity contribution in [3.05, 3.63) is 83.9 Å². The molecule has 3 rings (SSSR count). The molecule has 0 radical (unpaired) electrons. The third-order valence-electron chi connectivity index (χ3n) is 4.49. The Hall–Kier alpha value is -3.19. The highest BCUT2D eigenvalue weighted by Crippen LogP contribution is 2.09. The van der Waals surface area contributed by atoms with Gasteiger partial charge < -0.3 is 15.1 Å². The normalized spacial score (nSPS) is 10.9. The second-order valence-electron chi connectivity index (χ2n) is 7.14. The lowest BCUT2D eigenvalue weighted by molar-refractivity contribution is 0.188. The van der Waals surface area contributed by atoms with Gasteiger partial charge in [-0.05, 0) is 43.9 Å². The van der Waals surface area contributed by atoms with E-state index in [-0.39, 0.29) is 11.8 Å². The number of urea groups is 1. The van der Waals surface area contributed by atoms with Gasteiger partial charge in [0.2, 0.25) is 0 Å². The molecule has 3 aromatic rings. The van der Waals surface area contributed by atoms with Gasteiger partial charge in [0.25, 0.3) is 0 Å². The first kappa shape index (κ1) is 20.5. The number of carbonyl (C=O) groups is 1. The molecule has 2 amide bonds. The van der Waals surface area contributed by atoms with E-state index in [1.54, 1.807) is 27.9 Å². The van der Waals surface area contributed by atoms with Crippen molar-refractivity contribution in [3.8, 4) is 5.69 Å². The van der Waals surface area contributed by atoms with Crippen molar-refractivity contribution < 1.29 is 9.18 Å². The molecule has 0 aliphatic rings. The van der Waals surface area contributed by atoms with Gasteiger partial charge in [-0.25, -0.2) is 13.9 Å². The minimum Gasteiger partial charge on any atom is -0.334 e. The zero-order valence-electron chi connectivity index (χ0n) is 16.8. The van der Waals surface area contributed by atoms with Gasteiger partial charge in [-0.15, -0.1) is 0 Å². The largest absolute Gasteiger partial charge is 0.334 e. The highest BCUT2D eigenvalue weighted by atomic mass is 19.1. The number of halogens is 1. The number of amides is 2. The van der Waals surface area contributed by atoms with Crippen LogP contribution in [-0.4, -0.2) is 52.8 Å². The Kier molecular flexibility index (Phi) is 6.97. The molecule has 0 unspecified atom stereocenters. The summed E-state index contributed by atoms with van der Waals surface area (Å²) in [7, 11) is 3.93. The average Bonchev–Trinajstić information content (AvgIpc) is 3.20. The molecule has 2 aromatic carbocycles. The van der Waals surface area contributed by atoms with Crippen molar-refractivity contribution in [3.63, 3.8) is 0 Å². The molecule has 0 spiro atoms. The Bertz CT molecular complexity index is 908. The quantitative estimate of drug-likeness (QED) is 0.637. The molecule has 0 saturated heterocycles. The molecule has 152 valence electrons. The molecular weight excluding hydrogens is 369 g/mol. The first-order chi connectivity index (χ1) is 14.0. The molecule has 0 saturated carbocycles. The Labute approximate surface area is 170 Å². The van der Waals surface area contributed by atoms with Crippen LogP contribution < -0.4 is 5.32 Å². The lowest BCUT2D eigenvalue weighted by atomic mass is 10.2. The van der Waals surface area contributed by atoms with E-state index in [9.17, 15) is 9.18 Å². The van der Waals surface area contributed by atoms with E-state index in [0.717, 1.165) is 23.4 Å². The van der Waals surface area contributed by atoms with Crippen LogP contribution in [0.2, 0.25) is 0 Å². The van der Waals surface area contributed by atoms with Gasteiger partial charge in [-0.3, -0.25) is 0 Å². The van der Waals surface area contributed by atoms with E-state index in [1.165, 1.54) is 12.1 Å². The summed E-state index contributed by atoms with van der Waals surface area (Å²) in [5.74, 6) is -0.284. The minimum atomic E-state index is -0.284. The van der Waals surface area contributed by atoms with Crippen LogP contribution in [0.1, 0.15) is 11.1 Å². The molecule has 6 nitrogen and oxygen atoms in total. The predicted molar refractivity (Wildman–Crippen MR) is 111 cm³/mol. The van der Waals surface area contributed by atoms with Crippen molar-refractivity contribution in [1.82, 2.24) is 24.9 Å². The molecule has 7 heteroatoms. The summed E-state index contributed by atoms with van der Waals surface area (Å²) in [5, 5.41) is 7.31. The van der Waals surface area contributed by atoms with Gasteiger partial charge in [0.15, 0.2) is 0 Å². The number of nitrogens with zero attached hydrogens (tertiary/aromatic N) is 4. The van der Waals surface area contributed by atoms with Crippen molar-refractivity contribution in [2.45, 2.75) is 13.1 Å². The van der Waals surface area contributed by atoms with E-state index in [0.29, 0.717) is 19.6 Å². The van der Waals surface area contributed by atoms with Crippen LogP contribution in [0, 0.1) is 5.82 Å². The Morgan fingerprint density at radius 2 is 1.76 bits per heavy atom. The predicted octanol–water partition coefficient (Wildman–Crippen LogP) is 3.28. The highest BCUT2D eigenvalue weighted by Gasteiger charge is 2.14. The van der Waals surface area contributed by atoms with Crippen molar-refractivity contribution >= 4 is 6.03 Å². The monoisotopic (exact) mass is 395 g/mol. The molecule has 0 atom stereocenters. The minimum absolute atomic E-state index is 0.163. The molecule has 1 N–H and O–H groups in total. The number of likely N-dealkylation sites (N-methyl/N-ethyl adjacent to an activating group) is 1. The van der Waals surface area contributed by atoms with Crippen molar-refractivity contribution in [2.75, 3.05) is 27.2 Å². The van der Waals surface area contributed by atoms with Gasteiger partial charge in [0.05, 0.1) is 11.9 Å². The van der Waals surface area contributed by atoms with Gasteiger partial charge in [0.1, 0.15) is 5.82 Å².